The van der Waals surface area contributed by atoms with Crippen LogP contribution in [0.1, 0.15) is 28.8 Å². The monoisotopic (exact) mass is 263 g/mol. The molecule has 0 radical (unpaired) electrons. The molecule has 5 nitrogen and oxygen atoms in total. The Kier molecular flexibility index (Phi) is 4.04. The van der Waals surface area contributed by atoms with Gasteiger partial charge in [-0.05, 0) is 43.4 Å². The molecular weight excluding hydrogens is 246 g/mol. The van der Waals surface area contributed by atoms with Gasteiger partial charge in [0.15, 0.2) is 6.61 Å². The van der Waals surface area contributed by atoms with E-state index in [0.717, 1.165) is 5.56 Å². The van der Waals surface area contributed by atoms with Gasteiger partial charge in [0.25, 0.3) is 5.91 Å². The highest BCUT2D eigenvalue weighted by atomic mass is 16.5. The maximum atomic E-state index is 11.5. The fourth-order valence-corrected chi connectivity index (χ4v) is 1.66. The van der Waals surface area contributed by atoms with Crippen LogP contribution < -0.4 is 10.1 Å². The number of benzene rings is 1. The van der Waals surface area contributed by atoms with E-state index in [0.29, 0.717) is 18.2 Å². The number of nitrogens with one attached hydrogen (secondary N) is 1. The smallest absolute Gasteiger partial charge is 0.335 e. The van der Waals surface area contributed by atoms with E-state index in [9.17, 15) is 9.59 Å². The molecule has 5 heteroatoms. The highest BCUT2D eigenvalue weighted by Gasteiger charge is 2.21. The number of amides is 1. The van der Waals surface area contributed by atoms with Crippen molar-refractivity contribution < 1.29 is 19.4 Å². The summed E-state index contributed by atoms with van der Waals surface area (Å²) >= 11 is 0. The third-order valence-electron chi connectivity index (χ3n) is 3.08. The molecule has 2 N–H and O–H groups in total. The lowest BCUT2D eigenvalue weighted by atomic mass is 10.1. The SMILES string of the molecule is Cc1ccc(C(=O)O)cc1OCC(=O)NCC1CC1. The van der Waals surface area contributed by atoms with E-state index in [2.05, 4.69) is 5.32 Å². The number of ether oxygens (including phenoxy) is 1. The molecule has 19 heavy (non-hydrogen) atoms. The summed E-state index contributed by atoms with van der Waals surface area (Å²) in [5.41, 5.74) is 0.957. The number of carbonyl (C=O) groups excluding carboxylic acids is 1. The minimum atomic E-state index is -1.01. The second kappa shape index (κ2) is 5.73. The topological polar surface area (TPSA) is 75.6 Å². The summed E-state index contributed by atoms with van der Waals surface area (Å²) in [7, 11) is 0. The van der Waals surface area contributed by atoms with Crippen LogP contribution in [-0.4, -0.2) is 30.1 Å². The minimum Gasteiger partial charge on any atom is -0.483 e. The molecule has 1 aliphatic rings. The van der Waals surface area contributed by atoms with E-state index in [1.165, 1.54) is 25.0 Å². The molecule has 0 aromatic heterocycles. The fourth-order valence-electron chi connectivity index (χ4n) is 1.66. The number of aromatic carboxylic acids is 1. The number of carboxylic acids is 1. The number of carboxylic acid groups (broad SMARTS) is 1. The Morgan fingerprint density at radius 1 is 1.42 bits per heavy atom. The van der Waals surface area contributed by atoms with Crippen LogP contribution in [0.3, 0.4) is 0 Å². The van der Waals surface area contributed by atoms with Crippen LogP contribution in [0.25, 0.3) is 0 Å². The Bertz CT molecular complexity index is 494. The molecule has 0 spiro atoms. The summed E-state index contributed by atoms with van der Waals surface area (Å²) in [6.45, 7) is 2.43. The lowest BCUT2D eigenvalue weighted by Crippen LogP contribution is -2.30. The van der Waals surface area contributed by atoms with Gasteiger partial charge < -0.3 is 15.2 Å². The van der Waals surface area contributed by atoms with E-state index in [1.54, 1.807) is 6.07 Å². The predicted octanol–water partition coefficient (Wildman–Crippen LogP) is 1.60. The van der Waals surface area contributed by atoms with Crippen molar-refractivity contribution in [1.82, 2.24) is 5.32 Å². The quantitative estimate of drug-likeness (QED) is 0.817. The summed E-state index contributed by atoms with van der Waals surface area (Å²) in [5, 5.41) is 11.7. The molecule has 1 aromatic rings. The van der Waals surface area contributed by atoms with Crippen molar-refractivity contribution in [3.05, 3.63) is 29.3 Å². The second-order valence-corrected chi connectivity index (χ2v) is 4.82. The third-order valence-corrected chi connectivity index (χ3v) is 3.08. The first-order chi connectivity index (χ1) is 9.06. The average molecular weight is 263 g/mol. The molecule has 1 amide bonds. The van der Waals surface area contributed by atoms with Gasteiger partial charge in [0.2, 0.25) is 0 Å². The molecule has 0 aliphatic heterocycles. The Morgan fingerprint density at radius 2 is 2.16 bits per heavy atom. The van der Waals surface area contributed by atoms with Crippen molar-refractivity contribution in [3.8, 4) is 5.75 Å². The van der Waals surface area contributed by atoms with Gasteiger partial charge in [0.05, 0.1) is 5.56 Å². The van der Waals surface area contributed by atoms with Gasteiger partial charge in [-0.3, -0.25) is 4.79 Å². The summed E-state index contributed by atoms with van der Waals surface area (Å²) in [5.74, 6) is -0.127. The first-order valence-electron chi connectivity index (χ1n) is 6.29. The van der Waals surface area contributed by atoms with Crippen LogP contribution in [0.4, 0.5) is 0 Å². The normalized spacial score (nSPS) is 13.9. The largest absolute Gasteiger partial charge is 0.483 e. The van der Waals surface area contributed by atoms with Gasteiger partial charge in [-0.15, -0.1) is 0 Å². The lowest BCUT2D eigenvalue weighted by molar-refractivity contribution is -0.123. The van der Waals surface area contributed by atoms with Gasteiger partial charge in [-0.1, -0.05) is 6.07 Å². The summed E-state index contributed by atoms with van der Waals surface area (Å²) in [4.78, 5) is 22.4. The molecule has 0 atom stereocenters. The van der Waals surface area contributed by atoms with Crippen molar-refractivity contribution in [3.63, 3.8) is 0 Å². The van der Waals surface area contributed by atoms with Crippen LogP contribution in [0, 0.1) is 12.8 Å². The molecule has 0 heterocycles. The maximum Gasteiger partial charge on any atom is 0.335 e. The van der Waals surface area contributed by atoms with E-state index in [1.807, 2.05) is 6.92 Å². The Balaban J connectivity index is 1.88. The molecule has 1 saturated carbocycles. The number of rotatable bonds is 6. The average Bonchev–Trinajstić information content (AvgIpc) is 3.19. The molecule has 2 rings (SSSR count). The standard InChI is InChI=1S/C14H17NO4/c1-9-2-5-11(14(17)18)6-12(9)19-8-13(16)15-7-10-3-4-10/h2,5-6,10H,3-4,7-8H2,1H3,(H,15,16)(H,17,18). The van der Waals surface area contributed by atoms with Crippen LogP contribution >= 0.6 is 0 Å². The number of hydrogen-bond donors (Lipinski definition) is 2. The molecule has 0 unspecified atom stereocenters. The van der Waals surface area contributed by atoms with Crippen molar-refractivity contribution >= 4 is 11.9 Å². The van der Waals surface area contributed by atoms with Gasteiger partial charge in [-0.25, -0.2) is 4.79 Å². The summed E-state index contributed by atoms with van der Waals surface area (Å²) in [6.07, 6.45) is 2.36. The molecule has 1 aliphatic carbocycles. The van der Waals surface area contributed by atoms with E-state index >= 15 is 0 Å². The first kappa shape index (κ1) is 13.4. The Labute approximate surface area is 111 Å². The molecule has 1 fully saturated rings. The Morgan fingerprint density at radius 3 is 2.79 bits per heavy atom. The lowest BCUT2D eigenvalue weighted by Gasteiger charge is -2.10. The van der Waals surface area contributed by atoms with E-state index < -0.39 is 5.97 Å². The van der Waals surface area contributed by atoms with Gasteiger partial charge in [0.1, 0.15) is 5.75 Å². The zero-order chi connectivity index (χ0) is 13.8. The van der Waals surface area contributed by atoms with Gasteiger partial charge in [-0.2, -0.15) is 0 Å². The zero-order valence-electron chi connectivity index (χ0n) is 10.8. The van der Waals surface area contributed by atoms with Crippen molar-refractivity contribution in [2.75, 3.05) is 13.2 Å². The molecule has 0 bridgehead atoms. The first-order valence-corrected chi connectivity index (χ1v) is 6.29. The minimum absolute atomic E-state index is 0.0867. The molecule has 1 aromatic carbocycles. The number of hydrogen-bond acceptors (Lipinski definition) is 3. The number of aryl methyl sites for hydroxylation is 1. The highest BCUT2D eigenvalue weighted by Crippen LogP contribution is 2.27. The van der Waals surface area contributed by atoms with Crippen LogP contribution in [0.2, 0.25) is 0 Å². The van der Waals surface area contributed by atoms with Crippen LogP contribution in [0.5, 0.6) is 5.75 Å². The highest BCUT2D eigenvalue weighted by molar-refractivity contribution is 5.88. The summed E-state index contributed by atoms with van der Waals surface area (Å²) < 4.78 is 5.37. The molecule has 102 valence electrons. The number of carbonyl (C=O) groups is 2. The fraction of sp³-hybridized carbons (Fsp3) is 0.429. The van der Waals surface area contributed by atoms with Crippen molar-refractivity contribution in [1.29, 1.82) is 0 Å². The molecular formula is C14H17NO4. The third kappa shape index (κ3) is 3.98. The Hall–Kier alpha value is -2.04. The maximum absolute atomic E-state index is 11.5. The van der Waals surface area contributed by atoms with Crippen LogP contribution in [0.15, 0.2) is 18.2 Å². The molecule has 0 saturated heterocycles. The van der Waals surface area contributed by atoms with E-state index in [-0.39, 0.29) is 18.1 Å². The van der Waals surface area contributed by atoms with Crippen LogP contribution in [-0.2, 0) is 4.79 Å². The van der Waals surface area contributed by atoms with Crippen molar-refractivity contribution in [2.45, 2.75) is 19.8 Å². The van der Waals surface area contributed by atoms with E-state index in [4.69, 9.17) is 9.84 Å². The zero-order valence-corrected chi connectivity index (χ0v) is 10.8. The van der Waals surface area contributed by atoms with Gasteiger partial charge >= 0.3 is 5.97 Å². The summed E-state index contributed by atoms with van der Waals surface area (Å²) in [6, 6.07) is 4.62. The van der Waals surface area contributed by atoms with Gasteiger partial charge in [0, 0.05) is 6.54 Å². The van der Waals surface area contributed by atoms with Crippen molar-refractivity contribution in [2.24, 2.45) is 5.92 Å². The predicted molar refractivity (Wildman–Crippen MR) is 69.4 cm³/mol. The second-order valence-electron chi connectivity index (χ2n) is 4.82.